The van der Waals surface area contributed by atoms with Crippen LogP contribution in [0.25, 0.3) is 0 Å². The number of rotatable bonds is 1. The summed E-state index contributed by atoms with van der Waals surface area (Å²) in [6, 6.07) is 0. The lowest BCUT2D eigenvalue weighted by molar-refractivity contribution is -0.125. The van der Waals surface area contributed by atoms with Crippen molar-refractivity contribution in [2.24, 2.45) is 22.7 Å². The monoisotopic (exact) mass is 180 g/mol. The first-order chi connectivity index (χ1) is 5.89. The van der Waals surface area contributed by atoms with Crippen LogP contribution in [-0.2, 0) is 4.79 Å². The van der Waals surface area contributed by atoms with Gasteiger partial charge in [0, 0.05) is 5.92 Å². The maximum atomic E-state index is 11.5. The van der Waals surface area contributed by atoms with Crippen LogP contribution >= 0.6 is 0 Å². The van der Waals surface area contributed by atoms with Crippen molar-refractivity contribution in [3.63, 3.8) is 0 Å². The zero-order chi connectivity index (χ0) is 9.85. The molecule has 2 aliphatic carbocycles. The first-order valence-corrected chi connectivity index (χ1v) is 5.40. The Kier molecular flexibility index (Phi) is 1.68. The lowest BCUT2D eigenvalue weighted by Gasteiger charge is -2.38. The maximum Gasteiger partial charge on any atom is 0.133 e. The summed E-state index contributed by atoms with van der Waals surface area (Å²) in [6.07, 6.45) is 3.75. The number of ketones is 1. The highest BCUT2D eigenvalue weighted by Gasteiger charge is 2.62. The summed E-state index contributed by atoms with van der Waals surface area (Å²) in [5.74, 6) is 1.56. The van der Waals surface area contributed by atoms with E-state index in [1.807, 2.05) is 0 Å². The molecule has 2 saturated carbocycles. The van der Waals surface area contributed by atoms with Crippen LogP contribution < -0.4 is 0 Å². The Morgan fingerprint density at radius 2 is 1.92 bits per heavy atom. The highest BCUT2D eigenvalue weighted by molar-refractivity contribution is 5.80. The van der Waals surface area contributed by atoms with Crippen molar-refractivity contribution < 1.29 is 4.79 Å². The van der Waals surface area contributed by atoms with Crippen molar-refractivity contribution in [1.29, 1.82) is 0 Å². The van der Waals surface area contributed by atoms with E-state index >= 15 is 0 Å². The van der Waals surface area contributed by atoms with Crippen LogP contribution in [0.1, 0.15) is 47.0 Å². The number of Topliss-reactive ketones (excluding diaryl/α,β-unsaturated/α-hetero) is 1. The van der Waals surface area contributed by atoms with Gasteiger partial charge in [0.1, 0.15) is 5.78 Å². The van der Waals surface area contributed by atoms with Crippen molar-refractivity contribution in [1.82, 2.24) is 0 Å². The molecular formula is C12H20O. The molecule has 1 nitrogen and oxygen atoms in total. The predicted molar refractivity (Wildman–Crippen MR) is 53.4 cm³/mol. The van der Waals surface area contributed by atoms with Crippen molar-refractivity contribution >= 4 is 5.78 Å². The summed E-state index contributed by atoms with van der Waals surface area (Å²) in [7, 11) is 0. The zero-order valence-corrected chi connectivity index (χ0v) is 9.18. The Labute approximate surface area is 80.9 Å². The van der Waals surface area contributed by atoms with Gasteiger partial charge in [-0.05, 0) is 42.9 Å². The molecule has 2 aliphatic rings. The average molecular weight is 180 g/mol. The van der Waals surface area contributed by atoms with Crippen LogP contribution in [0.15, 0.2) is 0 Å². The van der Waals surface area contributed by atoms with Gasteiger partial charge in [-0.2, -0.15) is 0 Å². The third-order valence-electron chi connectivity index (χ3n) is 5.28. The van der Waals surface area contributed by atoms with E-state index in [1.54, 1.807) is 6.92 Å². The fraction of sp³-hybridized carbons (Fsp3) is 0.917. The molecule has 74 valence electrons. The molecule has 0 saturated heterocycles. The van der Waals surface area contributed by atoms with E-state index < -0.39 is 0 Å². The largest absolute Gasteiger partial charge is 0.300 e. The van der Waals surface area contributed by atoms with Gasteiger partial charge in [-0.3, -0.25) is 4.79 Å². The van der Waals surface area contributed by atoms with Gasteiger partial charge in [-0.25, -0.2) is 0 Å². The van der Waals surface area contributed by atoms with Crippen molar-refractivity contribution in [2.75, 3.05) is 0 Å². The number of carbonyl (C=O) groups is 1. The first-order valence-electron chi connectivity index (χ1n) is 5.40. The van der Waals surface area contributed by atoms with Gasteiger partial charge in [0.2, 0.25) is 0 Å². The van der Waals surface area contributed by atoms with Gasteiger partial charge in [0.05, 0.1) is 0 Å². The van der Waals surface area contributed by atoms with Crippen LogP contribution in [-0.4, -0.2) is 5.78 Å². The molecule has 0 amide bonds. The third kappa shape index (κ3) is 0.908. The molecule has 0 N–H and O–H groups in total. The molecule has 2 rings (SSSR count). The van der Waals surface area contributed by atoms with Crippen molar-refractivity contribution in [3.8, 4) is 0 Å². The topological polar surface area (TPSA) is 17.1 Å². The van der Waals surface area contributed by atoms with E-state index in [0.717, 1.165) is 12.3 Å². The molecule has 3 atom stereocenters. The molecule has 1 unspecified atom stereocenters. The molecule has 2 fully saturated rings. The van der Waals surface area contributed by atoms with Gasteiger partial charge in [0.25, 0.3) is 0 Å². The van der Waals surface area contributed by atoms with E-state index in [2.05, 4.69) is 20.8 Å². The molecule has 0 aromatic rings. The van der Waals surface area contributed by atoms with Crippen LogP contribution in [0, 0.1) is 22.7 Å². The smallest absolute Gasteiger partial charge is 0.133 e. The standard InChI is InChI=1S/C12H20O/c1-8(13)10-7-9-5-6-12(10,4)11(9,2)3/h9-10H,5-7H2,1-4H3/t9-,10?,12-/m1/s1. The quantitative estimate of drug-likeness (QED) is 0.606. The molecule has 0 radical (unpaired) electrons. The fourth-order valence-corrected chi connectivity index (χ4v) is 3.82. The van der Waals surface area contributed by atoms with E-state index in [0.29, 0.717) is 22.5 Å². The van der Waals surface area contributed by atoms with Crippen molar-refractivity contribution in [3.05, 3.63) is 0 Å². The third-order valence-corrected chi connectivity index (χ3v) is 5.28. The van der Waals surface area contributed by atoms with Crippen LogP contribution in [0.3, 0.4) is 0 Å². The van der Waals surface area contributed by atoms with Gasteiger partial charge in [0.15, 0.2) is 0 Å². The van der Waals surface area contributed by atoms with Gasteiger partial charge < -0.3 is 0 Å². The molecule has 0 spiro atoms. The summed E-state index contributed by atoms with van der Waals surface area (Å²) in [6.45, 7) is 8.81. The van der Waals surface area contributed by atoms with E-state index in [-0.39, 0.29) is 0 Å². The minimum Gasteiger partial charge on any atom is -0.300 e. The minimum atomic E-state index is 0.295. The summed E-state index contributed by atoms with van der Waals surface area (Å²) in [5.41, 5.74) is 0.687. The molecule has 0 aliphatic heterocycles. The molecular weight excluding hydrogens is 160 g/mol. The molecule has 0 aromatic heterocycles. The van der Waals surface area contributed by atoms with E-state index in [1.165, 1.54) is 12.8 Å². The second kappa shape index (κ2) is 2.37. The predicted octanol–water partition coefficient (Wildman–Crippen LogP) is 3.04. The van der Waals surface area contributed by atoms with Crippen LogP contribution in [0.5, 0.6) is 0 Å². The molecule has 0 heterocycles. The minimum absolute atomic E-state index is 0.295. The Morgan fingerprint density at radius 1 is 1.31 bits per heavy atom. The number of carbonyl (C=O) groups excluding carboxylic acids is 1. The summed E-state index contributed by atoms with van der Waals surface area (Å²) in [5, 5.41) is 0. The molecule has 0 aromatic carbocycles. The lowest BCUT2D eigenvalue weighted by atomic mass is 9.66. The Balaban J connectivity index is 2.38. The summed E-state index contributed by atoms with van der Waals surface area (Å²) >= 11 is 0. The highest BCUT2D eigenvalue weighted by atomic mass is 16.1. The normalized spacial score (nSPS) is 46.8. The lowest BCUT2D eigenvalue weighted by Crippen LogP contribution is -2.35. The maximum absolute atomic E-state index is 11.5. The molecule has 1 heteroatoms. The van der Waals surface area contributed by atoms with Gasteiger partial charge >= 0.3 is 0 Å². The van der Waals surface area contributed by atoms with E-state index in [4.69, 9.17) is 0 Å². The van der Waals surface area contributed by atoms with Gasteiger partial charge in [-0.1, -0.05) is 20.8 Å². The number of fused-ring (bicyclic) bond motifs is 2. The Hall–Kier alpha value is -0.330. The molecule has 13 heavy (non-hydrogen) atoms. The highest BCUT2D eigenvalue weighted by Crippen LogP contribution is 2.68. The first kappa shape index (κ1) is 9.23. The second-order valence-electron chi connectivity index (χ2n) is 5.77. The Morgan fingerprint density at radius 3 is 2.15 bits per heavy atom. The fourth-order valence-electron chi connectivity index (χ4n) is 3.82. The molecule has 2 bridgehead atoms. The summed E-state index contributed by atoms with van der Waals surface area (Å²) < 4.78 is 0. The second-order valence-corrected chi connectivity index (χ2v) is 5.77. The Bertz CT molecular complexity index is 254. The van der Waals surface area contributed by atoms with Crippen LogP contribution in [0.2, 0.25) is 0 Å². The SMILES string of the molecule is CC(=O)C1C[C@H]2CC[C@@]1(C)C2(C)C. The van der Waals surface area contributed by atoms with E-state index in [9.17, 15) is 4.79 Å². The van der Waals surface area contributed by atoms with Crippen LogP contribution in [0.4, 0.5) is 0 Å². The number of hydrogen-bond donors (Lipinski definition) is 0. The van der Waals surface area contributed by atoms with Gasteiger partial charge in [-0.15, -0.1) is 0 Å². The van der Waals surface area contributed by atoms with Crippen molar-refractivity contribution in [2.45, 2.75) is 47.0 Å². The average Bonchev–Trinajstić information content (AvgIpc) is 2.34. The zero-order valence-electron chi connectivity index (χ0n) is 9.18. The summed E-state index contributed by atoms with van der Waals surface area (Å²) in [4.78, 5) is 11.5. The number of hydrogen-bond acceptors (Lipinski definition) is 1.